The van der Waals surface area contributed by atoms with E-state index >= 15 is 0 Å². The van der Waals surface area contributed by atoms with Gasteiger partial charge < -0.3 is 29.7 Å². The van der Waals surface area contributed by atoms with Crippen LogP contribution in [-0.4, -0.2) is 81.4 Å². The fourth-order valence-corrected chi connectivity index (χ4v) is 4.52. The first-order valence-corrected chi connectivity index (χ1v) is 12.8. The average molecular weight is 513 g/mol. The summed E-state index contributed by atoms with van der Waals surface area (Å²) in [5.74, 6) is 1.15. The molecule has 0 unspecified atom stereocenters. The zero-order chi connectivity index (χ0) is 26.9. The van der Waals surface area contributed by atoms with Gasteiger partial charge in [0.1, 0.15) is 18.1 Å². The molecule has 0 aromatic heterocycles. The molecule has 0 saturated carbocycles. The Kier molecular flexibility index (Phi) is 10.2. The van der Waals surface area contributed by atoms with Crippen molar-refractivity contribution in [3.63, 3.8) is 0 Å². The van der Waals surface area contributed by atoms with Crippen molar-refractivity contribution in [2.24, 2.45) is 5.92 Å². The van der Waals surface area contributed by atoms with E-state index in [0.717, 1.165) is 19.5 Å². The average Bonchev–Trinajstić information content (AvgIpc) is 2.89. The Morgan fingerprint density at radius 3 is 2.49 bits per heavy atom. The Morgan fingerprint density at radius 1 is 1.08 bits per heavy atom. The van der Waals surface area contributed by atoms with Gasteiger partial charge in [0.05, 0.1) is 18.8 Å². The molecule has 2 aromatic carbocycles. The van der Waals surface area contributed by atoms with Gasteiger partial charge in [0, 0.05) is 50.7 Å². The molecule has 1 aliphatic heterocycles. The van der Waals surface area contributed by atoms with Crippen molar-refractivity contribution >= 4 is 23.3 Å². The Balaban J connectivity index is 1.85. The smallest absolute Gasteiger partial charge is 0.323 e. The lowest BCUT2D eigenvalue weighted by Gasteiger charge is -2.35. The molecule has 0 radical (unpaired) electrons. The van der Waals surface area contributed by atoms with Crippen molar-refractivity contribution in [1.29, 1.82) is 0 Å². The molecule has 2 aromatic rings. The Hall–Kier alpha value is -3.30. The third-order valence-electron chi connectivity index (χ3n) is 6.67. The maximum Gasteiger partial charge on any atom is 0.323 e. The van der Waals surface area contributed by atoms with Crippen molar-refractivity contribution < 1.29 is 23.8 Å². The number of amides is 3. The predicted octanol–water partition coefficient (Wildman–Crippen LogP) is 4.56. The normalized spacial score (nSPS) is 21.2. The number of carbonyl (C=O) groups is 2. The number of likely N-dealkylation sites (N-methyl/N-ethyl adjacent to an activating group) is 1. The lowest BCUT2D eigenvalue weighted by molar-refractivity contribution is 0.0108. The molecule has 9 heteroatoms. The maximum atomic E-state index is 13.5. The Morgan fingerprint density at radius 2 is 1.81 bits per heavy atom. The number of methoxy groups -OCH3 is 2. The largest absolute Gasteiger partial charge is 0.497 e. The molecule has 1 aliphatic rings. The zero-order valence-corrected chi connectivity index (χ0v) is 22.7. The van der Waals surface area contributed by atoms with Gasteiger partial charge in [-0.05, 0) is 56.1 Å². The van der Waals surface area contributed by atoms with E-state index in [-0.39, 0.29) is 24.0 Å². The molecule has 3 amide bonds. The highest BCUT2D eigenvalue weighted by atomic mass is 16.5. The summed E-state index contributed by atoms with van der Waals surface area (Å²) in [6, 6.07) is 11.9. The molecule has 0 spiro atoms. The molecule has 0 fully saturated rings. The quantitative estimate of drug-likeness (QED) is 0.590. The first-order valence-electron chi connectivity index (χ1n) is 12.8. The third-order valence-corrected chi connectivity index (χ3v) is 6.67. The van der Waals surface area contributed by atoms with Crippen molar-refractivity contribution in [2.45, 2.75) is 39.3 Å². The molecule has 202 valence electrons. The van der Waals surface area contributed by atoms with Crippen LogP contribution >= 0.6 is 0 Å². The second-order valence-corrected chi connectivity index (χ2v) is 9.61. The minimum absolute atomic E-state index is 0.112. The molecule has 0 bridgehead atoms. The number of hydrogen-bond donors (Lipinski definition) is 2. The molecule has 3 rings (SSSR count). The molecule has 3 atom stereocenters. The van der Waals surface area contributed by atoms with Crippen LogP contribution in [0.3, 0.4) is 0 Å². The molecular formula is C28H40N4O5. The van der Waals surface area contributed by atoms with Gasteiger partial charge in [-0.3, -0.25) is 9.69 Å². The van der Waals surface area contributed by atoms with Gasteiger partial charge in [-0.2, -0.15) is 0 Å². The van der Waals surface area contributed by atoms with E-state index in [1.807, 2.05) is 0 Å². The van der Waals surface area contributed by atoms with Crippen LogP contribution in [0.25, 0.3) is 0 Å². The summed E-state index contributed by atoms with van der Waals surface area (Å²) >= 11 is 0. The number of nitrogens with zero attached hydrogens (tertiary/aromatic N) is 2. The van der Waals surface area contributed by atoms with Gasteiger partial charge in [0.25, 0.3) is 5.91 Å². The SMILES string of the molecule is CCCN1C[C@@H](C)[C@H](OC)CN(C)C(=O)c2cc(NC(=O)Nc3cccc(OC)c3)ccc2OC[C@H]1C. The van der Waals surface area contributed by atoms with E-state index in [4.69, 9.17) is 14.2 Å². The van der Waals surface area contributed by atoms with Crippen LogP contribution in [0.15, 0.2) is 42.5 Å². The number of hydrogen-bond acceptors (Lipinski definition) is 6. The third kappa shape index (κ3) is 7.60. The highest BCUT2D eigenvalue weighted by Gasteiger charge is 2.28. The van der Waals surface area contributed by atoms with Gasteiger partial charge in [-0.1, -0.05) is 19.9 Å². The molecule has 9 nitrogen and oxygen atoms in total. The van der Waals surface area contributed by atoms with Crippen LogP contribution in [0.1, 0.15) is 37.6 Å². The molecule has 0 saturated heterocycles. The molecule has 2 N–H and O–H groups in total. The first kappa shape index (κ1) is 28.3. The molecule has 0 aliphatic carbocycles. The topological polar surface area (TPSA) is 92.4 Å². The van der Waals surface area contributed by atoms with Crippen LogP contribution in [0.4, 0.5) is 16.2 Å². The highest BCUT2D eigenvalue weighted by Crippen LogP contribution is 2.27. The summed E-state index contributed by atoms with van der Waals surface area (Å²) in [6.45, 7) is 9.17. The fraction of sp³-hybridized carbons (Fsp3) is 0.500. The van der Waals surface area contributed by atoms with Crippen LogP contribution in [0, 0.1) is 5.92 Å². The minimum atomic E-state index is -0.430. The zero-order valence-electron chi connectivity index (χ0n) is 22.7. The Labute approximate surface area is 220 Å². The van der Waals surface area contributed by atoms with E-state index in [1.165, 1.54) is 0 Å². The molecule has 37 heavy (non-hydrogen) atoms. The van der Waals surface area contributed by atoms with Crippen LogP contribution < -0.4 is 20.1 Å². The summed E-state index contributed by atoms with van der Waals surface area (Å²) in [7, 11) is 5.02. The number of anilines is 2. The second-order valence-electron chi connectivity index (χ2n) is 9.61. The predicted molar refractivity (Wildman–Crippen MR) is 146 cm³/mol. The second kappa shape index (κ2) is 13.3. The van der Waals surface area contributed by atoms with Crippen LogP contribution in [0.5, 0.6) is 11.5 Å². The van der Waals surface area contributed by atoms with Gasteiger partial charge in [-0.15, -0.1) is 0 Å². The van der Waals surface area contributed by atoms with Crippen molar-refractivity contribution in [3.05, 3.63) is 48.0 Å². The van der Waals surface area contributed by atoms with E-state index in [2.05, 4.69) is 36.3 Å². The van der Waals surface area contributed by atoms with Crippen molar-refractivity contribution in [1.82, 2.24) is 9.80 Å². The van der Waals surface area contributed by atoms with E-state index < -0.39 is 6.03 Å². The van der Waals surface area contributed by atoms with Gasteiger partial charge in [0.15, 0.2) is 0 Å². The van der Waals surface area contributed by atoms with E-state index in [0.29, 0.717) is 41.6 Å². The highest BCUT2D eigenvalue weighted by molar-refractivity contribution is 6.02. The molecular weight excluding hydrogens is 472 g/mol. The number of nitrogens with one attached hydrogen (secondary N) is 2. The minimum Gasteiger partial charge on any atom is -0.497 e. The van der Waals surface area contributed by atoms with E-state index in [9.17, 15) is 9.59 Å². The number of benzene rings is 2. The standard InChI is InChI=1S/C28H40N4O5/c1-7-13-32-16-19(2)26(36-6)17-31(4)27(33)24-15-22(11-12-25(24)37-18-20(32)3)30-28(34)29-21-9-8-10-23(14-21)35-5/h8-12,14-15,19-20,26H,7,13,16-18H2,1-6H3,(H2,29,30,34)/t19-,20-,26-/m1/s1. The van der Waals surface area contributed by atoms with E-state index in [1.54, 1.807) is 68.6 Å². The van der Waals surface area contributed by atoms with Crippen LogP contribution in [-0.2, 0) is 4.74 Å². The fourth-order valence-electron chi connectivity index (χ4n) is 4.52. The number of fused-ring (bicyclic) bond motifs is 1. The van der Waals surface area contributed by atoms with Gasteiger partial charge in [-0.25, -0.2) is 4.79 Å². The first-order chi connectivity index (χ1) is 17.7. The summed E-state index contributed by atoms with van der Waals surface area (Å²) in [6.07, 6.45) is 0.926. The maximum absolute atomic E-state index is 13.5. The number of ether oxygens (including phenoxy) is 3. The van der Waals surface area contributed by atoms with Gasteiger partial charge in [0.2, 0.25) is 0 Å². The van der Waals surface area contributed by atoms with Crippen LogP contribution in [0.2, 0.25) is 0 Å². The number of rotatable bonds is 6. The monoisotopic (exact) mass is 512 g/mol. The number of urea groups is 1. The Bertz CT molecular complexity index is 1060. The summed E-state index contributed by atoms with van der Waals surface area (Å²) in [5, 5.41) is 5.59. The summed E-state index contributed by atoms with van der Waals surface area (Å²) in [4.78, 5) is 30.2. The molecule has 1 heterocycles. The van der Waals surface area contributed by atoms with Crippen molar-refractivity contribution in [2.75, 3.05) is 58.1 Å². The lowest BCUT2D eigenvalue weighted by Crippen LogP contribution is -2.46. The summed E-state index contributed by atoms with van der Waals surface area (Å²) < 4.78 is 17.2. The lowest BCUT2D eigenvalue weighted by atomic mass is 10.0. The van der Waals surface area contributed by atoms with Gasteiger partial charge >= 0.3 is 6.03 Å². The summed E-state index contributed by atoms with van der Waals surface area (Å²) in [5.41, 5.74) is 1.46. The number of carbonyl (C=O) groups excluding carboxylic acids is 2. The van der Waals surface area contributed by atoms with Crippen molar-refractivity contribution in [3.8, 4) is 11.5 Å².